The van der Waals surface area contributed by atoms with Crippen molar-refractivity contribution in [3.8, 4) is 28.3 Å². The van der Waals surface area contributed by atoms with Crippen molar-refractivity contribution in [2.24, 2.45) is 12.5 Å². The second kappa shape index (κ2) is 13.4. The number of nitrogens with zero attached hydrogens (tertiary/aromatic N) is 4. The van der Waals surface area contributed by atoms with Crippen molar-refractivity contribution in [2.45, 2.75) is 45.8 Å². The highest BCUT2D eigenvalue weighted by Crippen LogP contribution is 2.37. The first-order chi connectivity index (χ1) is 21.5. The summed E-state index contributed by atoms with van der Waals surface area (Å²) in [6.07, 6.45) is 3.17. The van der Waals surface area contributed by atoms with Crippen LogP contribution in [0.5, 0.6) is 5.88 Å². The van der Waals surface area contributed by atoms with E-state index in [-0.39, 0.29) is 30.0 Å². The predicted molar refractivity (Wildman–Crippen MR) is 171 cm³/mol. The average Bonchev–Trinajstić information content (AvgIpc) is 3.65. The van der Waals surface area contributed by atoms with E-state index in [0.29, 0.717) is 54.0 Å². The minimum atomic E-state index is -0.731. The van der Waals surface area contributed by atoms with Crippen LogP contribution in [-0.4, -0.2) is 64.4 Å². The normalized spacial score (nSPS) is 15.0. The fourth-order valence-corrected chi connectivity index (χ4v) is 5.74. The van der Waals surface area contributed by atoms with Gasteiger partial charge in [0, 0.05) is 67.6 Å². The van der Waals surface area contributed by atoms with Crippen molar-refractivity contribution >= 4 is 29.0 Å². The van der Waals surface area contributed by atoms with Crippen molar-refractivity contribution in [1.82, 2.24) is 35.1 Å². The number of amides is 1. The summed E-state index contributed by atoms with van der Waals surface area (Å²) in [7, 11) is 4.61. The van der Waals surface area contributed by atoms with E-state index in [1.54, 1.807) is 44.8 Å². The molecule has 1 amide bonds. The molecule has 0 bridgehead atoms. The van der Waals surface area contributed by atoms with Crippen LogP contribution in [0.15, 0.2) is 47.4 Å². The van der Waals surface area contributed by atoms with Crippen LogP contribution in [0.2, 0.25) is 5.02 Å². The van der Waals surface area contributed by atoms with Gasteiger partial charge in [-0.05, 0) is 32.4 Å². The number of carbonyl (C=O) groups excluding carboxylic acids is 2. The number of carbonyl (C=O) groups is 2. The summed E-state index contributed by atoms with van der Waals surface area (Å²) in [5.74, 6) is 0.756. The molecule has 0 aliphatic carbocycles. The van der Waals surface area contributed by atoms with Crippen LogP contribution >= 0.6 is 11.6 Å². The zero-order chi connectivity index (χ0) is 32.3. The molecule has 1 saturated heterocycles. The number of ether oxygens (including phenoxy) is 2. The lowest BCUT2D eigenvalue weighted by Gasteiger charge is -2.21. The number of esters is 1. The van der Waals surface area contributed by atoms with Gasteiger partial charge in [-0.15, -0.1) is 0 Å². The third-order valence-electron chi connectivity index (χ3n) is 8.03. The van der Waals surface area contributed by atoms with E-state index in [1.165, 1.54) is 11.7 Å². The van der Waals surface area contributed by atoms with E-state index in [4.69, 9.17) is 26.1 Å². The number of aromatic nitrogens is 4. The van der Waals surface area contributed by atoms with Crippen molar-refractivity contribution < 1.29 is 19.1 Å². The first kappa shape index (κ1) is 32.1. The van der Waals surface area contributed by atoms with E-state index >= 15 is 0 Å². The summed E-state index contributed by atoms with van der Waals surface area (Å²) in [6, 6.07) is 11.4. The van der Waals surface area contributed by atoms with Crippen LogP contribution in [0, 0.1) is 5.41 Å². The lowest BCUT2D eigenvalue weighted by atomic mass is 9.94. The Hall–Kier alpha value is -4.26. The van der Waals surface area contributed by atoms with Crippen molar-refractivity contribution in [1.29, 1.82) is 0 Å². The smallest absolute Gasteiger partial charge is 0.312 e. The van der Waals surface area contributed by atoms with E-state index in [0.717, 1.165) is 28.7 Å². The molecule has 1 atom stereocenters. The fraction of sp³-hybridized carbons (Fsp3) is 0.406. The van der Waals surface area contributed by atoms with E-state index in [1.807, 2.05) is 30.3 Å². The summed E-state index contributed by atoms with van der Waals surface area (Å²) in [5.41, 5.74) is 3.17. The van der Waals surface area contributed by atoms with Gasteiger partial charge >= 0.3 is 5.97 Å². The minimum Gasteiger partial charge on any atom is -0.481 e. The summed E-state index contributed by atoms with van der Waals surface area (Å²) in [6.45, 7) is 5.41. The van der Waals surface area contributed by atoms with Crippen LogP contribution in [0.3, 0.4) is 0 Å². The molecule has 0 saturated carbocycles. The lowest BCUT2D eigenvalue weighted by Crippen LogP contribution is -2.38. The van der Waals surface area contributed by atoms with Gasteiger partial charge in [0.25, 0.3) is 5.56 Å². The van der Waals surface area contributed by atoms with Gasteiger partial charge in [0.1, 0.15) is 11.3 Å². The quantitative estimate of drug-likeness (QED) is 0.200. The molecule has 4 heterocycles. The number of hydrogen-bond donors (Lipinski definition) is 3. The molecule has 0 spiro atoms. The van der Waals surface area contributed by atoms with Gasteiger partial charge in [0.15, 0.2) is 0 Å². The van der Waals surface area contributed by atoms with Gasteiger partial charge in [0.05, 0.1) is 36.9 Å². The molecule has 1 aromatic carbocycles. The number of nitrogens with one attached hydrogen (secondary N) is 3. The van der Waals surface area contributed by atoms with Crippen molar-refractivity contribution in [3.05, 3.63) is 69.4 Å². The molecule has 1 fully saturated rings. The van der Waals surface area contributed by atoms with Crippen LogP contribution < -0.4 is 26.2 Å². The SMILES string of the molecule is COC(=O)C(C)(C)CNCc1nn2cc(-c3cccc(-c4ccc(CNC[C@@H]5CCC(=O)N5)c(OC)n4)c3Cl)cc2c(=O)n1C. The molecule has 1 aliphatic heterocycles. The Labute approximate surface area is 266 Å². The van der Waals surface area contributed by atoms with E-state index < -0.39 is 5.41 Å². The maximum atomic E-state index is 13.3. The van der Waals surface area contributed by atoms with Gasteiger partial charge in [-0.25, -0.2) is 9.50 Å². The van der Waals surface area contributed by atoms with Crippen LogP contribution in [0.1, 0.15) is 38.1 Å². The number of pyridine rings is 1. The molecule has 4 aromatic rings. The molecule has 1 aliphatic rings. The second-order valence-corrected chi connectivity index (χ2v) is 12.2. The molecule has 0 radical (unpaired) electrons. The van der Waals surface area contributed by atoms with Crippen molar-refractivity contribution in [3.63, 3.8) is 0 Å². The zero-order valence-corrected chi connectivity index (χ0v) is 26.8. The monoisotopic (exact) mass is 635 g/mol. The Kier molecular flexibility index (Phi) is 9.56. The fourth-order valence-electron chi connectivity index (χ4n) is 5.41. The molecule has 12 nitrogen and oxygen atoms in total. The molecule has 3 aromatic heterocycles. The molecule has 13 heteroatoms. The third-order valence-corrected chi connectivity index (χ3v) is 8.44. The molecule has 45 heavy (non-hydrogen) atoms. The van der Waals surface area contributed by atoms with Gasteiger partial charge in [-0.3, -0.25) is 19.0 Å². The number of methoxy groups -OCH3 is 2. The molecular formula is C32H38ClN7O5. The van der Waals surface area contributed by atoms with Gasteiger partial charge in [-0.2, -0.15) is 5.10 Å². The Morgan fingerprint density at radius 2 is 1.91 bits per heavy atom. The molecule has 238 valence electrons. The van der Waals surface area contributed by atoms with Crippen molar-refractivity contribution in [2.75, 3.05) is 27.3 Å². The number of halogens is 1. The molecular weight excluding hydrogens is 598 g/mol. The third kappa shape index (κ3) is 6.87. The largest absolute Gasteiger partial charge is 0.481 e. The van der Waals surface area contributed by atoms with Crippen LogP contribution in [0.25, 0.3) is 27.9 Å². The Morgan fingerprint density at radius 3 is 2.62 bits per heavy atom. The minimum absolute atomic E-state index is 0.0898. The van der Waals surface area contributed by atoms with Crippen LogP contribution in [0.4, 0.5) is 0 Å². The Morgan fingerprint density at radius 1 is 1.13 bits per heavy atom. The highest BCUT2D eigenvalue weighted by molar-refractivity contribution is 6.36. The second-order valence-electron chi connectivity index (χ2n) is 11.8. The average molecular weight is 636 g/mol. The van der Waals surface area contributed by atoms with Gasteiger partial charge in [-0.1, -0.05) is 35.9 Å². The van der Waals surface area contributed by atoms with Crippen LogP contribution in [-0.2, 0) is 34.5 Å². The standard InChI is InChI=1S/C32H38ClN7O5/c1-32(2,31(43)45-5)18-35-16-26-38-40-17-20(13-25(40)30(42)39(26)3)22-7-6-8-23(28(22)33)24-11-9-19(29(37-24)44-4)14-34-15-21-10-12-27(41)36-21/h6-9,11,13,17,21,34-35H,10,12,14-16,18H2,1-5H3,(H,36,41)/t21-/m0/s1. The number of hydrogen-bond acceptors (Lipinski definition) is 9. The summed E-state index contributed by atoms with van der Waals surface area (Å²) >= 11 is 6.97. The summed E-state index contributed by atoms with van der Waals surface area (Å²) < 4.78 is 13.5. The molecule has 3 N–H and O–H groups in total. The summed E-state index contributed by atoms with van der Waals surface area (Å²) in [4.78, 5) is 41.5. The first-order valence-electron chi connectivity index (χ1n) is 14.7. The predicted octanol–water partition coefficient (Wildman–Crippen LogP) is 3.08. The van der Waals surface area contributed by atoms with Gasteiger partial charge in [0.2, 0.25) is 11.8 Å². The van der Waals surface area contributed by atoms with E-state index in [2.05, 4.69) is 21.0 Å². The molecule has 5 rings (SSSR count). The molecule has 0 unspecified atom stereocenters. The first-order valence-corrected chi connectivity index (χ1v) is 15.1. The Bertz CT molecular complexity index is 1800. The van der Waals surface area contributed by atoms with E-state index in [9.17, 15) is 14.4 Å². The lowest BCUT2D eigenvalue weighted by molar-refractivity contribution is -0.150. The zero-order valence-electron chi connectivity index (χ0n) is 26.1. The number of rotatable bonds is 12. The highest BCUT2D eigenvalue weighted by atomic mass is 35.5. The number of benzene rings is 1. The maximum Gasteiger partial charge on any atom is 0.312 e. The highest BCUT2D eigenvalue weighted by Gasteiger charge is 2.28. The maximum absolute atomic E-state index is 13.3. The number of fused-ring (bicyclic) bond motifs is 1. The topological polar surface area (TPSA) is 141 Å². The van der Waals surface area contributed by atoms with Gasteiger partial charge < -0.3 is 25.4 Å². The Balaban J connectivity index is 1.36. The summed E-state index contributed by atoms with van der Waals surface area (Å²) in [5, 5.41) is 14.7.